The van der Waals surface area contributed by atoms with Crippen LogP contribution in [0.1, 0.15) is 48.2 Å². The second-order valence-corrected chi connectivity index (χ2v) is 9.94. The summed E-state index contributed by atoms with van der Waals surface area (Å²) in [5, 5.41) is 4.11. The van der Waals surface area contributed by atoms with Crippen LogP contribution in [0.5, 0.6) is 0 Å². The summed E-state index contributed by atoms with van der Waals surface area (Å²) in [6.45, 7) is 8.03. The van der Waals surface area contributed by atoms with Gasteiger partial charge in [-0.25, -0.2) is 4.98 Å². The minimum atomic E-state index is -0.148. The van der Waals surface area contributed by atoms with Crippen molar-refractivity contribution in [2.45, 2.75) is 57.2 Å². The number of rotatable bonds is 8. The standard InChI is InChI=1S/C26H31N3O3S/c1-17(2)14-27-24(30)19-10-11-22-23(13-19)28-26(33-16-20-8-5-4-7-18(20)3)29(25(22)31)15-21-9-6-12-32-21/h4-5,7-8,10-11,13,17,21H,6,9,12,14-16H2,1-3H3,(H,27,30). The monoisotopic (exact) mass is 465 g/mol. The molecule has 0 spiro atoms. The number of carbonyl (C=O) groups excluding carboxylic acids is 1. The van der Waals surface area contributed by atoms with Crippen molar-refractivity contribution in [1.82, 2.24) is 14.9 Å². The van der Waals surface area contributed by atoms with Crippen molar-refractivity contribution in [3.05, 3.63) is 69.5 Å². The fraction of sp³-hybridized carbons (Fsp3) is 0.423. The molecular weight excluding hydrogens is 434 g/mol. The lowest BCUT2D eigenvalue weighted by Crippen LogP contribution is -2.29. The van der Waals surface area contributed by atoms with Crippen LogP contribution >= 0.6 is 11.8 Å². The molecular formula is C26H31N3O3S. The maximum Gasteiger partial charge on any atom is 0.262 e. The van der Waals surface area contributed by atoms with Gasteiger partial charge in [-0.1, -0.05) is 49.9 Å². The average molecular weight is 466 g/mol. The molecule has 33 heavy (non-hydrogen) atoms. The van der Waals surface area contributed by atoms with E-state index < -0.39 is 0 Å². The lowest BCUT2D eigenvalue weighted by Gasteiger charge is -2.17. The van der Waals surface area contributed by atoms with E-state index in [1.165, 1.54) is 11.1 Å². The summed E-state index contributed by atoms with van der Waals surface area (Å²) in [5.74, 6) is 0.928. The summed E-state index contributed by atoms with van der Waals surface area (Å²) >= 11 is 1.55. The molecule has 2 aromatic carbocycles. The van der Waals surface area contributed by atoms with Gasteiger partial charge in [0, 0.05) is 24.5 Å². The van der Waals surface area contributed by atoms with Gasteiger partial charge >= 0.3 is 0 Å². The van der Waals surface area contributed by atoms with Crippen molar-refractivity contribution in [1.29, 1.82) is 0 Å². The van der Waals surface area contributed by atoms with Gasteiger partial charge < -0.3 is 10.1 Å². The molecule has 1 aliphatic rings. The number of aromatic nitrogens is 2. The molecule has 1 atom stereocenters. The number of hydrogen-bond acceptors (Lipinski definition) is 5. The number of carbonyl (C=O) groups is 1. The summed E-state index contributed by atoms with van der Waals surface area (Å²) in [6.07, 6.45) is 1.99. The Morgan fingerprint density at radius 3 is 2.82 bits per heavy atom. The van der Waals surface area contributed by atoms with Crippen LogP contribution in [-0.4, -0.2) is 34.7 Å². The fourth-order valence-electron chi connectivity index (χ4n) is 3.92. The van der Waals surface area contributed by atoms with E-state index in [-0.39, 0.29) is 17.6 Å². The summed E-state index contributed by atoms with van der Waals surface area (Å²) in [7, 11) is 0. The van der Waals surface area contributed by atoms with Crippen LogP contribution in [0, 0.1) is 12.8 Å². The summed E-state index contributed by atoms with van der Waals surface area (Å²) in [4.78, 5) is 30.9. The van der Waals surface area contributed by atoms with E-state index in [1.807, 2.05) is 12.1 Å². The molecule has 1 aliphatic heterocycles. The van der Waals surface area contributed by atoms with Crippen LogP contribution in [0.3, 0.4) is 0 Å². The molecule has 1 unspecified atom stereocenters. The maximum absolute atomic E-state index is 13.5. The molecule has 4 rings (SSSR count). The lowest BCUT2D eigenvalue weighted by molar-refractivity contribution is 0.0937. The van der Waals surface area contributed by atoms with E-state index in [0.717, 1.165) is 19.4 Å². The number of thioether (sulfide) groups is 1. The van der Waals surface area contributed by atoms with E-state index in [2.05, 4.69) is 38.2 Å². The van der Waals surface area contributed by atoms with Gasteiger partial charge in [0.15, 0.2) is 5.16 Å². The molecule has 0 bridgehead atoms. The van der Waals surface area contributed by atoms with E-state index >= 15 is 0 Å². The molecule has 174 valence electrons. The van der Waals surface area contributed by atoms with Gasteiger partial charge in [0.2, 0.25) is 0 Å². The Kier molecular flexibility index (Phi) is 7.50. The van der Waals surface area contributed by atoms with E-state index in [9.17, 15) is 9.59 Å². The van der Waals surface area contributed by atoms with Gasteiger partial charge in [0.05, 0.1) is 23.6 Å². The fourth-order valence-corrected chi connectivity index (χ4v) is 5.00. The first-order valence-corrected chi connectivity index (χ1v) is 12.5. The Hall–Kier alpha value is -2.64. The molecule has 1 amide bonds. The van der Waals surface area contributed by atoms with Crippen molar-refractivity contribution in [2.75, 3.05) is 13.2 Å². The largest absolute Gasteiger partial charge is 0.376 e. The third-order valence-electron chi connectivity index (χ3n) is 5.88. The highest BCUT2D eigenvalue weighted by molar-refractivity contribution is 7.98. The summed E-state index contributed by atoms with van der Waals surface area (Å²) in [6, 6.07) is 13.4. The number of fused-ring (bicyclic) bond motifs is 1. The van der Waals surface area contributed by atoms with E-state index in [4.69, 9.17) is 9.72 Å². The Morgan fingerprint density at radius 1 is 1.27 bits per heavy atom. The Bertz CT molecular complexity index is 1200. The highest BCUT2D eigenvalue weighted by Crippen LogP contribution is 2.25. The molecule has 6 nitrogen and oxygen atoms in total. The van der Waals surface area contributed by atoms with Gasteiger partial charge in [0.1, 0.15) is 0 Å². The number of nitrogens with zero attached hydrogens (tertiary/aromatic N) is 2. The van der Waals surface area contributed by atoms with Crippen molar-refractivity contribution >= 4 is 28.6 Å². The Balaban J connectivity index is 1.69. The summed E-state index contributed by atoms with van der Waals surface area (Å²) < 4.78 is 7.56. The van der Waals surface area contributed by atoms with E-state index in [0.29, 0.717) is 46.4 Å². The van der Waals surface area contributed by atoms with Crippen LogP contribution in [-0.2, 0) is 17.0 Å². The molecule has 0 radical (unpaired) electrons. The molecule has 1 N–H and O–H groups in total. The SMILES string of the molecule is Cc1ccccc1CSc1nc2cc(C(=O)NCC(C)C)ccc2c(=O)n1CC1CCCO1. The summed E-state index contributed by atoms with van der Waals surface area (Å²) in [5.41, 5.74) is 3.40. The van der Waals surface area contributed by atoms with Crippen molar-refractivity contribution in [2.24, 2.45) is 5.92 Å². The number of aryl methyl sites for hydroxylation is 1. The normalized spacial score (nSPS) is 15.9. The molecule has 7 heteroatoms. The number of nitrogens with one attached hydrogen (secondary N) is 1. The topological polar surface area (TPSA) is 73.2 Å². The molecule has 2 heterocycles. The Labute approximate surface area is 198 Å². The maximum atomic E-state index is 13.5. The van der Waals surface area contributed by atoms with Gasteiger partial charge in [-0.05, 0) is 55.0 Å². The zero-order valence-electron chi connectivity index (χ0n) is 19.5. The van der Waals surface area contributed by atoms with Crippen molar-refractivity contribution in [3.8, 4) is 0 Å². The van der Waals surface area contributed by atoms with Gasteiger partial charge in [-0.15, -0.1) is 0 Å². The predicted octanol–water partition coefficient (Wildman–Crippen LogP) is 4.56. The smallest absolute Gasteiger partial charge is 0.262 e. The third-order valence-corrected chi connectivity index (χ3v) is 6.91. The van der Waals surface area contributed by atoms with E-state index in [1.54, 1.807) is 34.5 Å². The quantitative estimate of drug-likeness (QED) is 0.390. The molecule has 0 aliphatic carbocycles. The number of benzene rings is 2. The first kappa shape index (κ1) is 23.5. The van der Waals surface area contributed by atoms with Crippen LogP contribution in [0.2, 0.25) is 0 Å². The molecule has 1 aromatic heterocycles. The second-order valence-electron chi connectivity index (χ2n) is 9.00. The minimum absolute atomic E-state index is 0.0286. The van der Waals surface area contributed by atoms with Crippen molar-refractivity contribution < 1.29 is 9.53 Å². The van der Waals surface area contributed by atoms with Crippen LogP contribution < -0.4 is 10.9 Å². The van der Waals surface area contributed by atoms with Crippen LogP contribution in [0.25, 0.3) is 10.9 Å². The van der Waals surface area contributed by atoms with Crippen LogP contribution in [0.4, 0.5) is 0 Å². The number of hydrogen-bond donors (Lipinski definition) is 1. The third kappa shape index (κ3) is 5.65. The zero-order chi connectivity index (χ0) is 23.4. The molecule has 1 saturated heterocycles. The lowest BCUT2D eigenvalue weighted by atomic mass is 10.1. The molecule has 1 fully saturated rings. The highest BCUT2D eigenvalue weighted by atomic mass is 32.2. The molecule has 3 aromatic rings. The zero-order valence-corrected chi connectivity index (χ0v) is 20.3. The average Bonchev–Trinajstić information content (AvgIpc) is 3.32. The van der Waals surface area contributed by atoms with Crippen LogP contribution in [0.15, 0.2) is 52.4 Å². The molecule has 0 saturated carbocycles. The highest BCUT2D eigenvalue weighted by Gasteiger charge is 2.21. The first-order chi connectivity index (χ1) is 15.9. The van der Waals surface area contributed by atoms with Gasteiger partial charge in [-0.3, -0.25) is 14.2 Å². The Morgan fingerprint density at radius 2 is 2.09 bits per heavy atom. The number of ether oxygens (including phenoxy) is 1. The predicted molar refractivity (Wildman–Crippen MR) is 133 cm³/mol. The minimum Gasteiger partial charge on any atom is -0.376 e. The van der Waals surface area contributed by atoms with Gasteiger partial charge in [0.25, 0.3) is 11.5 Å². The second kappa shape index (κ2) is 10.5. The first-order valence-electron chi connectivity index (χ1n) is 11.5. The van der Waals surface area contributed by atoms with Crippen molar-refractivity contribution in [3.63, 3.8) is 0 Å². The number of amides is 1. The van der Waals surface area contributed by atoms with Gasteiger partial charge in [-0.2, -0.15) is 0 Å².